The lowest BCUT2D eigenvalue weighted by atomic mass is 10.2. The van der Waals surface area contributed by atoms with Crippen molar-refractivity contribution in [1.29, 1.82) is 0 Å². The van der Waals surface area contributed by atoms with Gasteiger partial charge in [-0.1, -0.05) is 0 Å². The van der Waals surface area contributed by atoms with E-state index in [0.29, 0.717) is 26.0 Å². The molecular weight excluding hydrogens is 435 g/mol. The number of ether oxygens (including phenoxy) is 2. The van der Waals surface area contributed by atoms with Crippen LogP contribution >= 0.6 is 33.9 Å². The van der Waals surface area contributed by atoms with Gasteiger partial charge in [-0.25, -0.2) is 9.78 Å². The highest BCUT2D eigenvalue weighted by atomic mass is 127. The average Bonchev–Trinajstić information content (AvgIpc) is 2.91. The number of carboxylic acid groups (broad SMARTS) is 1. The summed E-state index contributed by atoms with van der Waals surface area (Å²) in [5.41, 5.74) is 9.05. The molecule has 2 rings (SSSR count). The van der Waals surface area contributed by atoms with Crippen molar-refractivity contribution in [3.63, 3.8) is 0 Å². The quantitative estimate of drug-likeness (QED) is 0.338. The van der Waals surface area contributed by atoms with Crippen molar-refractivity contribution in [2.45, 2.75) is 0 Å². The van der Waals surface area contributed by atoms with Crippen molar-refractivity contribution in [3.8, 4) is 11.5 Å². The molecule has 0 saturated heterocycles. The molecule has 0 radical (unpaired) electrons. The van der Waals surface area contributed by atoms with Gasteiger partial charge in [0.05, 0.1) is 16.9 Å². The summed E-state index contributed by atoms with van der Waals surface area (Å²) in [5, 5.41) is 15.1. The number of thiazole rings is 1. The standard InChI is InChI=1S/C13H13IN4O4S/c1-21-9-3-7(2-8(14)12(9)22-5-11(19)20)4-16-18-13-17-10(15)6-23-13/h2-4,6H,5,15H2,1H3,(H,17,18)(H,19,20). The van der Waals surface area contributed by atoms with Crippen LogP contribution in [0.25, 0.3) is 0 Å². The molecular formula is C13H13IN4O4S. The molecule has 122 valence electrons. The summed E-state index contributed by atoms with van der Waals surface area (Å²) in [6, 6.07) is 3.49. The summed E-state index contributed by atoms with van der Waals surface area (Å²) in [6.45, 7) is -0.438. The van der Waals surface area contributed by atoms with Crippen LogP contribution in [0.1, 0.15) is 5.56 Å². The van der Waals surface area contributed by atoms with Crippen LogP contribution in [0.15, 0.2) is 22.6 Å². The third-order valence-corrected chi connectivity index (χ3v) is 4.05. The second kappa shape index (κ2) is 7.97. The number of rotatable bonds is 7. The summed E-state index contributed by atoms with van der Waals surface area (Å²) >= 11 is 3.39. The number of nitrogens with two attached hydrogens (primary N) is 1. The predicted octanol–water partition coefficient (Wildman–Crippen LogP) is 2.25. The normalized spacial score (nSPS) is 10.7. The Hall–Kier alpha value is -2.08. The summed E-state index contributed by atoms with van der Waals surface area (Å²) < 4.78 is 11.2. The number of aromatic nitrogens is 1. The molecule has 1 heterocycles. The molecule has 0 atom stereocenters. The first-order valence-electron chi connectivity index (χ1n) is 6.22. The molecule has 0 aliphatic rings. The first-order valence-corrected chi connectivity index (χ1v) is 8.17. The Morgan fingerprint density at radius 2 is 2.39 bits per heavy atom. The Bertz CT molecular complexity index is 735. The molecule has 0 amide bonds. The van der Waals surface area contributed by atoms with Gasteiger partial charge in [0.2, 0.25) is 5.13 Å². The fourth-order valence-electron chi connectivity index (χ4n) is 1.59. The predicted molar refractivity (Wildman–Crippen MR) is 96.6 cm³/mol. The maximum atomic E-state index is 10.6. The van der Waals surface area contributed by atoms with Crippen LogP contribution in [-0.4, -0.2) is 36.0 Å². The van der Waals surface area contributed by atoms with E-state index in [2.05, 4.69) is 15.5 Å². The average molecular weight is 448 g/mol. The minimum Gasteiger partial charge on any atom is -0.493 e. The number of nitrogen functional groups attached to an aromatic ring is 1. The molecule has 0 unspecified atom stereocenters. The molecule has 1 aromatic carbocycles. The summed E-state index contributed by atoms with van der Waals surface area (Å²) in [4.78, 5) is 14.6. The van der Waals surface area contributed by atoms with Crippen LogP contribution in [0.5, 0.6) is 11.5 Å². The second-order valence-electron chi connectivity index (χ2n) is 4.16. The SMILES string of the molecule is COc1cc(C=NNc2nc(N)cs2)cc(I)c1OCC(=O)O. The number of hydrogen-bond acceptors (Lipinski definition) is 8. The molecule has 23 heavy (non-hydrogen) atoms. The minimum atomic E-state index is -1.06. The molecule has 4 N–H and O–H groups in total. The van der Waals surface area contributed by atoms with Crippen LogP contribution in [0, 0.1) is 3.57 Å². The van der Waals surface area contributed by atoms with E-state index in [1.165, 1.54) is 18.4 Å². The van der Waals surface area contributed by atoms with Crippen molar-refractivity contribution in [3.05, 3.63) is 26.6 Å². The van der Waals surface area contributed by atoms with Crippen molar-refractivity contribution < 1.29 is 19.4 Å². The third kappa shape index (κ3) is 4.96. The number of aliphatic carboxylic acids is 1. The zero-order valence-corrected chi connectivity index (χ0v) is 14.9. The topological polar surface area (TPSA) is 119 Å². The van der Waals surface area contributed by atoms with Crippen LogP contribution in [0.2, 0.25) is 0 Å². The smallest absolute Gasteiger partial charge is 0.341 e. The van der Waals surface area contributed by atoms with Crippen molar-refractivity contribution in [2.24, 2.45) is 5.10 Å². The fourth-order valence-corrected chi connectivity index (χ4v) is 2.92. The zero-order chi connectivity index (χ0) is 16.8. The van der Waals surface area contributed by atoms with Gasteiger partial charge in [-0.3, -0.25) is 5.43 Å². The maximum Gasteiger partial charge on any atom is 0.341 e. The van der Waals surface area contributed by atoms with Crippen LogP contribution in [0.3, 0.4) is 0 Å². The monoisotopic (exact) mass is 448 g/mol. The Kier molecular flexibility index (Phi) is 5.98. The van der Waals surface area contributed by atoms with Gasteiger partial charge in [0.1, 0.15) is 5.82 Å². The van der Waals surface area contributed by atoms with E-state index in [9.17, 15) is 4.79 Å². The summed E-state index contributed by atoms with van der Waals surface area (Å²) in [5.74, 6) is 0.190. The van der Waals surface area contributed by atoms with E-state index in [1.807, 2.05) is 22.6 Å². The van der Waals surface area contributed by atoms with Gasteiger partial charge < -0.3 is 20.3 Å². The van der Waals surface area contributed by atoms with Crippen molar-refractivity contribution >= 4 is 57.1 Å². The van der Waals surface area contributed by atoms with E-state index in [-0.39, 0.29) is 0 Å². The molecule has 0 aliphatic carbocycles. The Morgan fingerprint density at radius 3 is 3.00 bits per heavy atom. The molecule has 0 fully saturated rings. The number of nitrogens with zero attached hydrogens (tertiary/aromatic N) is 2. The Labute approximate surface area is 149 Å². The highest BCUT2D eigenvalue weighted by Gasteiger charge is 2.12. The largest absolute Gasteiger partial charge is 0.493 e. The number of hydrazone groups is 1. The summed E-state index contributed by atoms with van der Waals surface area (Å²) in [6.07, 6.45) is 1.59. The second-order valence-corrected chi connectivity index (χ2v) is 6.18. The molecule has 0 spiro atoms. The highest BCUT2D eigenvalue weighted by Crippen LogP contribution is 2.33. The van der Waals surface area contributed by atoms with E-state index >= 15 is 0 Å². The number of carboxylic acids is 1. The van der Waals surface area contributed by atoms with E-state index in [1.54, 1.807) is 23.7 Å². The number of hydrogen-bond donors (Lipinski definition) is 3. The van der Waals surface area contributed by atoms with Crippen molar-refractivity contribution in [2.75, 3.05) is 24.9 Å². The maximum absolute atomic E-state index is 10.6. The van der Waals surface area contributed by atoms with Crippen molar-refractivity contribution in [1.82, 2.24) is 4.98 Å². The van der Waals surface area contributed by atoms with Crippen LogP contribution in [0.4, 0.5) is 10.9 Å². The number of carbonyl (C=O) groups is 1. The third-order valence-electron chi connectivity index (χ3n) is 2.49. The van der Waals surface area contributed by atoms with Gasteiger partial charge in [0.15, 0.2) is 18.1 Å². The van der Waals surface area contributed by atoms with Gasteiger partial charge in [0, 0.05) is 5.38 Å². The molecule has 10 heteroatoms. The number of nitrogens with one attached hydrogen (secondary N) is 1. The minimum absolute atomic E-state index is 0.383. The van der Waals surface area contributed by atoms with E-state index in [4.69, 9.17) is 20.3 Å². The molecule has 1 aromatic heterocycles. The number of benzene rings is 1. The molecule has 8 nitrogen and oxygen atoms in total. The molecule has 2 aromatic rings. The van der Waals surface area contributed by atoms with Crippen LogP contribution in [-0.2, 0) is 4.79 Å². The first kappa shape index (κ1) is 17.3. The number of halogens is 1. The highest BCUT2D eigenvalue weighted by molar-refractivity contribution is 14.1. The van der Waals surface area contributed by atoms with Gasteiger partial charge in [0.25, 0.3) is 0 Å². The van der Waals surface area contributed by atoms with Gasteiger partial charge in [-0.15, -0.1) is 11.3 Å². The Morgan fingerprint density at radius 1 is 1.61 bits per heavy atom. The van der Waals surface area contributed by atoms with Gasteiger partial charge in [-0.2, -0.15) is 5.10 Å². The molecule has 0 bridgehead atoms. The fraction of sp³-hybridized carbons (Fsp3) is 0.154. The first-order chi connectivity index (χ1) is 11.0. The molecule has 0 saturated carbocycles. The number of methoxy groups -OCH3 is 1. The lowest BCUT2D eigenvalue weighted by Crippen LogP contribution is -2.11. The van der Waals surface area contributed by atoms with Gasteiger partial charge >= 0.3 is 5.97 Å². The Balaban J connectivity index is 2.13. The van der Waals surface area contributed by atoms with E-state index < -0.39 is 12.6 Å². The molecule has 0 aliphatic heterocycles. The van der Waals surface area contributed by atoms with Gasteiger partial charge in [-0.05, 0) is 40.3 Å². The summed E-state index contributed by atoms with van der Waals surface area (Å²) in [7, 11) is 1.48. The lowest BCUT2D eigenvalue weighted by Gasteiger charge is -2.12. The van der Waals surface area contributed by atoms with Crippen LogP contribution < -0.4 is 20.6 Å². The zero-order valence-electron chi connectivity index (χ0n) is 11.9. The van der Waals surface area contributed by atoms with E-state index in [0.717, 1.165) is 5.56 Å². The number of anilines is 2. The lowest BCUT2D eigenvalue weighted by molar-refractivity contribution is -0.139.